The summed E-state index contributed by atoms with van der Waals surface area (Å²) in [6.45, 7) is 2.30. The average Bonchev–Trinajstić information content (AvgIpc) is 2.55. The second-order valence-electron chi connectivity index (χ2n) is 5.85. The van der Waals surface area contributed by atoms with Gasteiger partial charge < -0.3 is 19.8 Å². The summed E-state index contributed by atoms with van der Waals surface area (Å²) in [4.78, 5) is 12.3. The normalized spacial score (nSPS) is 17.4. The maximum Gasteiger partial charge on any atom is 0.407 e. The standard InChI is InChI=1S/C17H25NO4/c19-16(15-8-10-18(11-9-15)17(20)21)7-4-12-22-13-14-5-2-1-3-6-14/h1-3,5-6,15-16,19H,4,7-13H2,(H,20,21). The van der Waals surface area contributed by atoms with Crippen LogP contribution >= 0.6 is 0 Å². The Hall–Kier alpha value is -1.59. The maximum absolute atomic E-state index is 10.8. The second-order valence-corrected chi connectivity index (χ2v) is 5.85. The fraction of sp³-hybridized carbons (Fsp3) is 0.588. The van der Waals surface area contributed by atoms with Gasteiger partial charge in [0.1, 0.15) is 0 Å². The number of rotatable bonds is 7. The SMILES string of the molecule is O=C(O)N1CCC(C(O)CCCOCc2ccccc2)CC1. The highest BCUT2D eigenvalue weighted by Gasteiger charge is 2.26. The molecule has 1 unspecified atom stereocenters. The number of aliphatic hydroxyl groups is 1. The van der Waals surface area contributed by atoms with Crippen molar-refractivity contribution < 1.29 is 19.7 Å². The second kappa shape index (κ2) is 8.76. The number of likely N-dealkylation sites (tertiary alicyclic amines) is 1. The van der Waals surface area contributed by atoms with E-state index < -0.39 is 6.09 Å². The van der Waals surface area contributed by atoms with Gasteiger partial charge in [0.15, 0.2) is 0 Å². The minimum atomic E-state index is -0.859. The van der Waals surface area contributed by atoms with Gasteiger partial charge in [-0.3, -0.25) is 0 Å². The van der Waals surface area contributed by atoms with Gasteiger partial charge in [-0.15, -0.1) is 0 Å². The van der Waals surface area contributed by atoms with Crippen LogP contribution < -0.4 is 0 Å². The Morgan fingerprint density at radius 2 is 1.95 bits per heavy atom. The number of piperidine rings is 1. The Morgan fingerprint density at radius 1 is 1.27 bits per heavy atom. The van der Waals surface area contributed by atoms with Crippen molar-refractivity contribution >= 4 is 6.09 Å². The van der Waals surface area contributed by atoms with Gasteiger partial charge in [-0.1, -0.05) is 30.3 Å². The fourth-order valence-electron chi connectivity index (χ4n) is 2.87. The lowest BCUT2D eigenvalue weighted by Crippen LogP contribution is -2.40. The highest BCUT2D eigenvalue weighted by molar-refractivity contribution is 5.64. The Balaban J connectivity index is 1.56. The molecule has 1 aliphatic rings. The van der Waals surface area contributed by atoms with E-state index in [4.69, 9.17) is 9.84 Å². The molecule has 5 nitrogen and oxygen atoms in total. The van der Waals surface area contributed by atoms with E-state index >= 15 is 0 Å². The predicted octanol–water partition coefficient (Wildman–Crippen LogP) is 2.73. The van der Waals surface area contributed by atoms with Gasteiger partial charge in [-0.05, 0) is 37.2 Å². The number of amides is 1. The Kier molecular flexibility index (Phi) is 6.68. The summed E-state index contributed by atoms with van der Waals surface area (Å²) in [6.07, 6.45) is 1.83. The quantitative estimate of drug-likeness (QED) is 0.760. The van der Waals surface area contributed by atoms with Crippen LogP contribution in [0.4, 0.5) is 4.79 Å². The molecule has 0 aliphatic carbocycles. The summed E-state index contributed by atoms with van der Waals surface area (Å²) in [5.74, 6) is 0.213. The highest BCUT2D eigenvalue weighted by Crippen LogP contribution is 2.23. The minimum absolute atomic E-state index is 0.213. The monoisotopic (exact) mass is 307 g/mol. The van der Waals surface area contributed by atoms with Gasteiger partial charge in [0.05, 0.1) is 12.7 Å². The third kappa shape index (κ3) is 5.31. The molecule has 0 radical (unpaired) electrons. The first-order valence-corrected chi connectivity index (χ1v) is 7.94. The number of carboxylic acid groups (broad SMARTS) is 1. The van der Waals surface area contributed by atoms with Crippen LogP contribution in [-0.2, 0) is 11.3 Å². The van der Waals surface area contributed by atoms with Crippen LogP contribution in [0.1, 0.15) is 31.2 Å². The van der Waals surface area contributed by atoms with Gasteiger partial charge in [-0.25, -0.2) is 4.79 Å². The molecule has 22 heavy (non-hydrogen) atoms. The molecule has 0 bridgehead atoms. The third-order valence-electron chi connectivity index (χ3n) is 4.25. The molecule has 1 heterocycles. The molecule has 0 spiro atoms. The fourth-order valence-corrected chi connectivity index (χ4v) is 2.87. The van der Waals surface area contributed by atoms with E-state index in [1.54, 1.807) is 0 Å². The first kappa shape index (κ1) is 16.8. The Morgan fingerprint density at radius 3 is 2.59 bits per heavy atom. The van der Waals surface area contributed by atoms with Crippen LogP contribution in [-0.4, -0.2) is 47.0 Å². The summed E-state index contributed by atoms with van der Waals surface area (Å²) in [5.41, 5.74) is 1.16. The van der Waals surface area contributed by atoms with Crippen molar-refractivity contribution in [2.24, 2.45) is 5.92 Å². The van der Waals surface area contributed by atoms with Crippen LogP contribution in [0.25, 0.3) is 0 Å². The predicted molar refractivity (Wildman–Crippen MR) is 83.7 cm³/mol. The van der Waals surface area contributed by atoms with Crippen LogP contribution in [0.3, 0.4) is 0 Å². The molecular weight excluding hydrogens is 282 g/mol. The molecular formula is C17H25NO4. The number of ether oxygens (including phenoxy) is 1. The smallest absolute Gasteiger partial charge is 0.407 e. The van der Waals surface area contributed by atoms with Gasteiger partial charge >= 0.3 is 6.09 Å². The number of hydrogen-bond acceptors (Lipinski definition) is 3. The van der Waals surface area contributed by atoms with Gasteiger partial charge in [-0.2, -0.15) is 0 Å². The van der Waals surface area contributed by atoms with Crippen molar-refractivity contribution in [3.05, 3.63) is 35.9 Å². The molecule has 1 saturated heterocycles. The molecule has 2 N–H and O–H groups in total. The molecule has 1 aromatic carbocycles. The van der Waals surface area contributed by atoms with Gasteiger partial charge in [0.25, 0.3) is 0 Å². The van der Waals surface area contributed by atoms with Crippen molar-refractivity contribution in [1.29, 1.82) is 0 Å². The number of hydrogen-bond donors (Lipinski definition) is 2. The summed E-state index contributed by atoms with van der Waals surface area (Å²) in [7, 11) is 0. The summed E-state index contributed by atoms with van der Waals surface area (Å²) in [5, 5.41) is 19.1. The lowest BCUT2D eigenvalue weighted by atomic mass is 9.89. The van der Waals surface area contributed by atoms with E-state index in [-0.39, 0.29) is 12.0 Å². The Bertz CT molecular complexity index is 443. The molecule has 1 amide bonds. The van der Waals surface area contributed by atoms with Crippen molar-refractivity contribution in [1.82, 2.24) is 4.90 Å². The van der Waals surface area contributed by atoms with Crippen molar-refractivity contribution in [3.63, 3.8) is 0 Å². The summed E-state index contributed by atoms with van der Waals surface area (Å²) < 4.78 is 5.61. The van der Waals surface area contributed by atoms with Crippen LogP contribution in [0.15, 0.2) is 30.3 Å². The van der Waals surface area contributed by atoms with Crippen molar-refractivity contribution in [2.75, 3.05) is 19.7 Å². The molecule has 122 valence electrons. The zero-order valence-electron chi connectivity index (χ0n) is 12.9. The number of nitrogens with zero attached hydrogens (tertiary/aromatic N) is 1. The number of carbonyl (C=O) groups is 1. The van der Waals surface area contributed by atoms with Gasteiger partial charge in [0, 0.05) is 19.7 Å². The van der Waals surface area contributed by atoms with E-state index in [2.05, 4.69) is 0 Å². The molecule has 1 fully saturated rings. The molecule has 0 saturated carbocycles. The first-order valence-electron chi connectivity index (χ1n) is 7.94. The topological polar surface area (TPSA) is 70.0 Å². The lowest BCUT2D eigenvalue weighted by Gasteiger charge is -2.32. The van der Waals surface area contributed by atoms with Crippen LogP contribution in [0.2, 0.25) is 0 Å². The molecule has 1 aromatic rings. The van der Waals surface area contributed by atoms with Crippen molar-refractivity contribution in [2.45, 2.75) is 38.4 Å². The Labute approximate surface area is 131 Å². The molecule has 1 aliphatic heterocycles. The highest BCUT2D eigenvalue weighted by atomic mass is 16.5. The van der Waals surface area contributed by atoms with Gasteiger partial charge in [0.2, 0.25) is 0 Å². The van der Waals surface area contributed by atoms with E-state index in [1.807, 2.05) is 30.3 Å². The minimum Gasteiger partial charge on any atom is -0.465 e. The largest absolute Gasteiger partial charge is 0.465 e. The molecule has 1 atom stereocenters. The number of benzene rings is 1. The van der Waals surface area contributed by atoms with Crippen molar-refractivity contribution in [3.8, 4) is 0 Å². The molecule has 2 rings (SSSR count). The lowest BCUT2D eigenvalue weighted by molar-refractivity contribution is 0.0415. The number of aliphatic hydroxyl groups excluding tert-OH is 1. The van der Waals surface area contributed by atoms with E-state index in [9.17, 15) is 9.90 Å². The third-order valence-corrected chi connectivity index (χ3v) is 4.25. The van der Waals surface area contributed by atoms with Crippen LogP contribution in [0, 0.1) is 5.92 Å². The van der Waals surface area contributed by atoms with Crippen LogP contribution in [0.5, 0.6) is 0 Å². The molecule has 5 heteroatoms. The maximum atomic E-state index is 10.8. The zero-order valence-corrected chi connectivity index (χ0v) is 12.9. The summed E-state index contributed by atoms with van der Waals surface area (Å²) >= 11 is 0. The van der Waals surface area contributed by atoms with E-state index in [1.165, 1.54) is 4.90 Å². The average molecular weight is 307 g/mol. The summed E-state index contributed by atoms with van der Waals surface area (Å²) in [6, 6.07) is 10.0. The zero-order chi connectivity index (χ0) is 15.8. The van der Waals surface area contributed by atoms with E-state index in [0.29, 0.717) is 32.7 Å². The van der Waals surface area contributed by atoms with E-state index in [0.717, 1.165) is 24.8 Å². The molecule has 0 aromatic heterocycles. The first-order chi connectivity index (χ1) is 10.7.